The molecule has 0 spiro atoms. The van der Waals surface area contributed by atoms with Gasteiger partial charge in [0.2, 0.25) is 0 Å². The molecular weight excluding hydrogens is 312 g/mol. The summed E-state index contributed by atoms with van der Waals surface area (Å²) < 4.78 is 0. The first kappa shape index (κ1) is 31.7. The molecule has 0 heterocycles. The van der Waals surface area contributed by atoms with Crippen molar-refractivity contribution < 1.29 is 0 Å². The minimum Gasteiger partial charge on any atom is -0.0991 e. The Kier molecular flexibility index (Phi) is 33.8. The highest BCUT2D eigenvalue weighted by molar-refractivity contribution is 5.21. The molecule has 0 aliphatic heterocycles. The summed E-state index contributed by atoms with van der Waals surface area (Å²) in [6, 6.07) is 0. The van der Waals surface area contributed by atoms with Gasteiger partial charge < -0.3 is 0 Å². The average Bonchev–Trinajstić information content (AvgIpc) is 2.64. The summed E-state index contributed by atoms with van der Waals surface area (Å²) in [5.41, 5.74) is 4.61. The molecule has 0 saturated heterocycles. The van der Waals surface area contributed by atoms with Gasteiger partial charge in [0.25, 0.3) is 0 Å². The summed E-state index contributed by atoms with van der Waals surface area (Å²) in [7, 11) is 0. The van der Waals surface area contributed by atoms with E-state index in [1.807, 2.05) is 52.0 Å². The molecule has 0 rings (SSSR count). The third-order valence-corrected chi connectivity index (χ3v) is 2.95. The molecule has 26 heavy (non-hydrogen) atoms. The number of hydrogen-bond acceptors (Lipinski definition) is 0. The normalized spacial score (nSPS) is 9.73. The van der Waals surface area contributed by atoms with Gasteiger partial charge in [0.05, 0.1) is 0 Å². The van der Waals surface area contributed by atoms with Gasteiger partial charge >= 0.3 is 0 Å². The lowest BCUT2D eigenvalue weighted by molar-refractivity contribution is 1.12. The zero-order valence-corrected chi connectivity index (χ0v) is 18.7. The van der Waals surface area contributed by atoms with Crippen LogP contribution in [0.25, 0.3) is 0 Å². The summed E-state index contributed by atoms with van der Waals surface area (Å²) in [6.07, 6.45) is 17.0. The van der Waals surface area contributed by atoms with Crippen LogP contribution in [-0.2, 0) is 0 Å². The Morgan fingerprint density at radius 2 is 1.35 bits per heavy atom. The predicted octanol–water partition coefficient (Wildman–Crippen LogP) is 9.33. The molecule has 0 aromatic rings. The smallest absolute Gasteiger partial charge is 0.0311 e. The van der Waals surface area contributed by atoms with Gasteiger partial charge in [-0.2, -0.15) is 0 Å². The van der Waals surface area contributed by atoms with Crippen LogP contribution in [0.1, 0.15) is 67.7 Å². The molecule has 148 valence electrons. The van der Waals surface area contributed by atoms with Crippen molar-refractivity contribution in [1.82, 2.24) is 0 Å². The minimum absolute atomic E-state index is 1.02. The molecule has 0 aromatic heterocycles. The molecule has 0 nitrogen and oxygen atoms in total. The SMILES string of the molecule is C=C(C)/C=C/CC.C=C(C)C(=C)CC.C=C/C(C)=C/C.C=C/C=C/CC. The van der Waals surface area contributed by atoms with Gasteiger partial charge in [-0.15, -0.1) is 0 Å². The van der Waals surface area contributed by atoms with E-state index >= 15 is 0 Å². The van der Waals surface area contributed by atoms with Crippen molar-refractivity contribution in [1.29, 1.82) is 0 Å². The molecule has 0 amide bonds. The Hall–Kier alpha value is -2.08. The molecule has 0 aliphatic carbocycles. The quantitative estimate of drug-likeness (QED) is 0.398. The van der Waals surface area contributed by atoms with Crippen LogP contribution in [0.15, 0.2) is 97.7 Å². The lowest BCUT2D eigenvalue weighted by Crippen LogP contribution is -1.74. The maximum Gasteiger partial charge on any atom is -0.0311 e. The maximum absolute atomic E-state index is 3.77. The first-order valence-electron chi connectivity index (χ1n) is 9.36. The van der Waals surface area contributed by atoms with Crippen LogP contribution in [0.2, 0.25) is 0 Å². The predicted molar refractivity (Wildman–Crippen MR) is 128 cm³/mol. The molecule has 0 atom stereocenters. The maximum atomic E-state index is 3.77. The highest BCUT2D eigenvalue weighted by atomic mass is 13.9. The molecule has 0 bridgehead atoms. The molecular formula is C26H44. The van der Waals surface area contributed by atoms with E-state index in [0.717, 1.165) is 36.0 Å². The molecule has 0 saturated carbocycles. The number of allylic oxidation sites excluding steroid dienone is 11. The fraction of sp³-hybridized carbons (Fsp3) is 0.385. The molecule has 0 fully saturated rings. The van der Waals surface area contributed by atoms with E-state index in [4.69, 9.17) is 0 Å². The summed E-state index contributed by atoms with van der Waals surface area (Å²) in [6.45, 7) is 32.6. The van der Waals surface area contributed by atoms with Crippen LogP contribution in [0.3, 0.4) is 0 Å². The van der Waals surface area contributed by atoms with Gasteiger partial charge in [0.1, 0.15) is 0 Å². The van der Waals surface area contributed by atoms with Gasteiger partial charge in [0, 0.05) is 0 Å². The minimum atomic E-state index is 1.02. The number of hydrogen-bond donors (Lipinski definition) is 0. The van der Waals surface area contributed by atoms with Gasteiger partial charge in [-0.25, -0.2) is 0 Å². The van der Waals surface area contributed by atoms with Crippen molar-refractivity contribution >= 4 is 0 Å². The van der Waals surface area contributed by atoms with E-state index < -0.39 is 0 Å². The second-order valence-corrected chi connectivity index (χ2v) is 5.70. The van der Waals surface area contributed by atoms with Crippen LogP contribution >= 0.6 is 0 Å². The Morgan fingerprint density at radius 1 is 0.846 bits per heavy atom. The van der Waals surface area contributed by atoms with E-state index in [-0.39, 0.29) is 0 Å². The lowest BCUT2D eigenvalue weighted by atomic mass is 10.1. The van der Waals surface area contributed by atoms with Gasteiger partial charge in [-0.05, 0) is 47.0 Å². The third-order valence-electron chi connectivity index (χ3n) is 2.95. The highest BCUT2D eigenvalue weighted by Gasteiger charge is 1.85. The van der Waals surface area contributed by atoms with Gasteiger partial charge in [-0.1, -0.05) is 118 Å². The first-order valence-corrected chi connectivity index (χ1v) is 9.36. The Labute approximate surface area is 165 Å². The third kappa shape index (κ3) is 43.1. The van der Waals surface area contributed by atoms with Gasteiger partial charge in [-0.3, -0.25) is 0 Å². The highest BCUT2D eigenvalue weighted by Crippen LogP contribution is 2.05. The summed E-state index contributed by atoms with van der Waals surface area (Å²) >= 11 is 0. The molecule has 0 aromatic carbocycles. The fourth-order valence-electron chi connectivity index (χ4n) is 0.971. The zero-order valence-electron chi connectivity index (χ0n) is 18.7. The van der Waals surface area contributed by atoms with Crippen molar-refractivity contribution in [3.63, 3.8) is 0 Å². The van der Waals surface area contributed by atoms with E-state index in [1.54, 1.807) is 6.08 Å². The van der Waals surface area contributed by atoms with E-state index in [2.05, 4.69) is 65.8 Å². The largest absolute Gasteiger partial charge is 0.0991 e. The molecule has 0 unspecified atom stereocenters. The van der Waals surface area contributed by atoms with Crippen LogP contribution in [0, 0.1) is 0 Å². The van der Waals surface area contributed by atoms with Gasteiger partial charge in [0.15, 0.2) is 0 Å². The molecule has 0 N–H and O–H groups in total. The van der Waals surface area contributed by atoms with Crippen molar-refractivity contribution in [2.24, 2.45) is 0 Å². The van der Waals surface area contributed by atoms with Crippen molar-refractivity contribution in [3.05, 3.63) is 97.7 Å². The van der Waals surface area contributed by atoms with Crippen molar-refractivity contribution in [2.75, 3.05) is 0 Å². The van der Waals surface area contributed by atoms with E-state index in [0.29, 0.717) is 0 Å². The topological polar surface area (TPSA) is 0 Å². The molecule has 0 radical (unpaired) electrons. The number of rotatable bonds is 7. The van der Waals surface area contributed by atoms with Crippen molar-refractivity contribution in [2.45, 2.75) is 67.7 Å². The summed E-state index contributed by atoms with van der Waals surface area (Å²) in [5.74, 6) is 0. The summed E-state index contributed by atoms with van der Waals surface area (Å²) in [4.78, 5) is 0. The van der Waals surface area contributed by atoms with Crippen LogP contribution in [0.4, 0.5) is 0 Å². The van der Waals surface area contributed by atoms with Crippen LogP contribution < -0.4 is 0 Å². The molecule has 0 heteroatoms. The molecule has 0 aliphatic rings. The second kappa shape index (κ2) is 27.8. The monoisotopic (exact) mass is 356 g/mol. The Bertz CT molecular complexity index is 464. The van der Waals surface area contributed by atoms with E-state index in [9.17, 15) is 0 Å². The average molecular weight is 357 g/mol. The van der Waals surface area contributed by atoms with Crippen molar-refractivity contribution in [3.8, 4) is 0 Å². The Balaban J connectivity index is -0.000000124. The fourth-order valence-corrected chi connectivity index (χ4v) is 0.971. The first-order chi connectivity index (χ1) is 12.2. The van der Waals surface area contributed by atoms with Crippen LogP contribution in [0.5, 0.6) is 0 Å². The van der Waals surface area contributed by atoms with E-state index in [1.165, 1.54) is 5.57 Å². The zero-order chi connectivity index (χ0) is 21.4. The lowest BCUT2D eigenvalue weighted by Gasteiger charge is -1.95. The standard InChI is InChI=1S/2C7H12.2C6H10/c1-5-7(4)6(2)3;1-4-5-6-7(2)3;1-4-6(3)5-2;1-3-5-6-4-2/h2,4-5H2,1,3H3;5-6H,2,4H2,1,3H3;4-5H,1H2,2-3H3;3,5-6H,1,4H2,2H3/b;3*6-5+. The summed E-state index contributed by atoms with van der Waals surface area (Å²) in [5, 5.41) is 0. The second-order valence-electron chi connectivity index (χ2n) is 5.70. The Morgan fingerprint density at radius 3 is 1.42 bits per heavy atom. The van der Waals surface area contributed by atoms with Crippen LogP contribution in [-0.4, -0.2) is 0 Å².